The maximum atomic E-state index is 13.8. The van der Waals surface area contributed by atoms with Crippen molar-refractivity contribution in [2.75, 3.05) is 4.90 Å². The van der Waals surface area contributed by atoms with Crippen molar-refractivity contribution in [3.05, 3.63) is 113 Å². The number of benzene rings is 2. The van der Waals surface area contributed by atoms with Gasteiger partial charge in [-0.2, -0.15) is 4.57 Å². The number of anilines is 1. The minimum absolute atomic E-state index is 0.00449. The molecule has 0 atom stereocenters. The van der Waals surface area contributed by atoms with E-state index in [9.17, 15) is 18.8 Å². The average molecular weight is 469 g/mol. The van der Waals surface area contributed by atoms with Crippen LogP contribution in [0.15, 0.2) is 90.0 Å². The summed E-state index contributed by atoms with van der Waals surface area (Å²) in [4.78, 5) is 42.2. The fourth-order valence-corrected chi connectivity index (χ4v) is 4.23. The number of hydrogen-bond donors (Lipinski definition) is 1. The zero-order chi connectivity index (χ0) is 24.7. The van der Waals surface area contributed by atoms with Gasteiger partial charge in [0.15, 0.2) is 12.4 Å². The molecule has 0 saturated carbocycles. The van der Waals surface area contributed by atoms with Crippen LogP contribution in [0.25, 0.3) is 17.0 Å². The monoisotopic (exact) mass is 469 g/mol. The molecule has 0 bridgehead atoms. The largest absolute Gasteiger partial charge is 0.331 e. The number of rotatable bonds is 5. The van der Waals surface area contributed by atoms with E-state index in [1.807, 2.05) is 32.0 Å². The number of aromatic amines is 1. The van der Waals surface area contributed by atoms with Crippen molar-refractivity contribution in [2.24, 2.45) is 0 Å². The van der Waals surface area contributed by atoms with Gasteiger partial charge in [-0.15, -0.1) is 0 Å². The Bertz CT molecular complexity index is 1520. The summed E-state index contributed by atoms with van der Waals surface area (Å²) >= 11 is 0. The van der Waals surface area contributed by atoms with Crippen molar-refractivity contribution in [3.63, 3.8) is 0 Å². The molecule has 35 heavy (non-hydrogen) atoms. The first-order valence-corrected chi connectivity index (χ1v) is 11.1. The third kappa shape index (κ3) is 3.69. The first-order chi connectivity index (χ1) is 16.9. The molecule has 0 saturated heterocycles. The maximum Gasteiger partial charge on any atom is 0.331 e. The van der Waals surface area contributed by atoms with E-state index in [1.165, 1.54) is 33.5 Å². The van der Waals surface area contributed by atoms with Crippen molar-refractivity contribution in [1.29, 1.82) is 0 Å². The summed E-state index contributed by atoms with van der Waals surface area (Å²) in [7, 11) is 0. The second-order valence-corrected chi connectivity index (χ2v) is 8.46. The number of halogens is 1. The highest BCUT2D eigenvalue weighted by molar-refractivity contribution is 6.53. The molecule has 3 heterocycles. The smallest absolute Gasteiger partial charge is 0.294 e. The zero-order valence-corrected chi connectivity index (χ0v) is 19.1. The molecule has 8 heteroatoms. The summed E-state index contributed by atoms with van der Waals surface area (Å²) in [5.41, 5.74) is 1.10. The van der Waals surface area contributed by atoms with E-state index < -0.39 is 23.2 Å². The molecule has 0 unspecified atom stereocenters. The first kappa shape index (κ1) is 22.2. The van der Waals surface area contributed by atoms with Crippen LogP contribution in [-0.2, 0) is 9.59 Å². The molecule has 1 N–H and O–H groups in total. The van der Waals surface area contributed by atoms with E-state index >= 15 is 0 Å². The Hall–Kier alpha value is -4.59. The Balaban J connectivity index is 1.79. The molecule has 2 aromatic carbocycles. The van der Waals surface area contributed by atoms with Crippen LogP contribution in [0.5, 0.6) is 0 Å². The lowest BCUT2D eigenvalue weighted by molar-refractivity contribution is -0.576. The van der Waals surface area contributed by atoms with Crippen molar-refractivity contribution in [2.45, 2.75) is 19.8 Å². The van der Waals surface area contributed by atoms with Gasteiger partial charge in [0.05, 0.1) is 16.9 Å². The van der Waals surface area contributed by atoms with Crippen LogP contribution >= 0.6 is 0 Å². The summed E-state index contributed by atoms with van der Waals surface area (Å²) in [5.74, 6) is -1.89. The number of para-hydroxylation sites is 1. The van der Waals surface area contributed by atoms with Crippen LogP contribution in [0, 0.1) is 5.82 Å². The highest BCUT2D eigenvalue weighted by atomic mass is 19.1. The number of nitrogens with zero attached hydrogens (tertiary/aromatic N) is 3. The predicted octanol–water partition coefficient (Wildman–Crippen LogP) is 3.66. The standard InChI is InChI=1S/C27H21FN4O3/c1-17(2)23-21(26(34)32(29-23)20-9-5-3-6-10-20)22-24(30-15-7-4-8-16-30)27(35)31(25(22)33)19-13-11-18(28)12-14-19/h3-17H,1-2H3/p+1. The second-order valence-electron chi connectivity index (χ2n) is 8.46. The van der Waals surface area contributed by atoms with Crippen LogP contribution in [0.1, 0.15) is 31.0 Å². The van der Waals surface area contributed by atoms with Gasteiger partial charge in [-0.05, 0) is 42.3 Å². The van der Waals surface area contributed by atoms with E-state index in [0.29, 0.717) is 11.4 Å². The molecule has 2 aromatic heterocycles. The second kappa shape index (κ2) is 8.64. The lowest BCUT2D eigenvalue weighted by atomic mass is 9.98. The number of carbonyl (C=O) groups is 2. The van der Waals surface area contributed by atoms with Crippen LogP contribution in [0.2, 0.25) is 0 Å². The van der Waals surface area contributed by atoms with Gasteiger partial charge >= 0.3 is 5.91 Å². The minimum Gasteiger partial charge on any atom is -0.294 e. The molecular weight excluding hydrogens is 447 g/mol. The van der Waals surface area contributed by atoms with E-state index in [2.05, 4.69) is 5.10 Å². The topological polar surface area (TPSA) is 79.1 Å². The van der Waals surface area contributed by atoms with Gasteiger partial charge in [0.1, 0.15) is 11.4 Å². The summed E-state index contributed by atoms with van der Waals surface area (Å²) in [6.07, 6.45) is 3.29. The van der Waals surface area contributed by atoms with Crippen LogP contribution in [0.4, 0.5) is 10.1 Å². The lowest BCUT2D eigenvalue weighted by Crippen LogP contribution is -2.39. The molecule has 7 nitrogen and oxygen atoms in total. The van der Waals surface area contributed by atoms with Crippen molar-refractivity contribution < 1.29 is 18.5 Å². The summed E-state index contributed by atoms with van der Waals surface area (Å²) in [5, 5.41) is 3.14. The highest BCUT2D eigenvalue weighted by Gasteiger charge is 2.48. The van der Waals surface area contributed by atoms with E-state index in [1.54, 1.807) is 42.7 Å². The highest BCUT2D eigenvalue weighted by Crippen LogP contribution is 2.35. The van der Waals surface area contributed by atoms with Gasteiger partial charge in [0.2, 0.25) is 0 Å². The number of hydrogen-bond acceptors (Lipinski definition) is 3. The van der Waals surface area contributed by atoms with E-state index in [0.717, 1.165) is 4.90 Å². The van der Waals surface area contributed by atoms with Gasteiger partial charge in [-0.1, -0.05) is 38.1 Å². The fourth-order valence-electron chi connectivity index (χ4n) is 4.23. The molecule has 5 rings (SSSR count). The Morgan fingerprint density at radius 1 is 0.800 bits per heavy atom. The summed E-state index contributed by atoms with van der Waals surface area (Å²) in [6, 6.07) is 19.3. The van der Waals surface area contributed by atoms with Crippen LogP contribution < -0.4 is 15.0 Å². The molecular formula is C27H22FN4O3+. The van der Waals surface area contributed by atoms with Gasteiger partial charge < -0.3 is 0 Å². The number of carbonyl (C=O) groups excluding carboxylic acids is 2. The molecule has 0 radical (unpaired) electrons. The van der Waals surface area contributed by atoms with Gasteiger partial charge in [0, 0.05) is 17.8 Å². The molecule has 2 amide bonds. The summed E-state index contributed by atoms with van der Waals surface area (Å²) < 4.78 is 16.5. The number of imide groups is 1. The van der Waals surface area contributed by atoms with Crippen LogP contribution in [0.3, 0.4) is 0 Å². The molecule has 0 spiro atoms. The Morgan fingerprint density at radius 2 is 1.43 bits per heavy atom. The number of H-pyrrole nitrogens is 1. The molecule has 1 aliphatic rings. The molecule has 1 aliphatic heterocycles. The molecule has 174 valence electrons. The number of amides is 2. The third-order valence-electron chi connectivity index (χ3n) is 5.88. The fraction of sp³-hybridized carbons (Fsp3) is 0.111. The maximum absolute atomic E-state index is 13.8. The lowest BCUT2D eigenvalue weighted by Gasteiger charge is -2.14. The number of aromatic nitrogens is 3. The number of nitrogens with one attached hydrogen (secondary N) is 1. The van der Waals surface area contributed by atoms with E-state index in [4.69, 9.17) is 0 Å². The van der Waals surface area contributed by atoms with Gasteiger partial charge in [-0.3, -0.25) is 19.5 Å². The normalized spacial score (nSPS) is 13.9. The Labute approximate surface area is 200 Å². The predicted molar refractivity (Wildman–Crippen MR) is 129 cm³/mol. The average Bonchev–Trinajstić information content (AvgIpc) is 3.33. The molecule has 0 aliphatic carbocycles. The minimum atomic E-state index is -0.647. The number of pyridine rings is 1. The quantitative estimate of drug-likeness (QED) is 0.358. The van der Waals surface area contributed by atoms with Crippen molar-refractivity contribution in [1.82, 2.24) is 9.78 Å². The first-order valence-electron chi connectivity index (χ1n) is 11.1. The van der Waals surface area contributed by atoms with Crippen molar-refractivity contribution in [3.8, 4) is 5.69 Å². The van der Waals surface area contributed by atoms with Gasteiger partial charge in [0.25, 0.3) is 17.2 Å². The van der Waals surface area contributed by atoms with E-state index in [-0.39, 0.29) is 28.4 Å². The van der Waals surface area contributed by atoms with Crippen LogP contribution in [-0.4, -0.2) is 21.6 Å². The molecule has 4 aromatic rings. The Kier molecular flexibility index (Phi) is 5.49. The zero-order valence-electron chi connectivity index (χ0n) is 19.1. The molecule has 0 fully saturated rings. The van der Waals surface area contributed by atoms with Gasteiger partial charge in [-0.25, -0.2) is 14.0 Å². The third-order valence-corrected chi connectivity index (χ3v) is 5.88. The van der Waals surface area contributed by atoms with Crippen molar-refractivity contribution >= 4 is 28.8 Å². The Morgan fingerprint density at radius 3 is 2.06 bits per heavy atom. The SMILES string of the molecule is CC(C)c1[nH]n(-c2ccccc2)c(=O)c1C1=C([n+]2ccccc2)C(=O)N(c2ccc(F)cc2)C1=O. The summed E-state index contributed by atoms with van der Waals surface area (Å²) in [6.45, 7) is 3.80.